The second-order valence-corrected chi connectivity index (χ2v) is 6.13. The zero-order chi connectivity index (χ0) is 13.0. The minimum Gasteiger partial charge on any atom is -0.337 e. The molecule has 98 valence electrons. The fourth-order valence-corrected chi connectivity index (χ4v) is 3.54. The molecule has 4 nitrogen and oxygen atoms in total. The summed E-state index contributed by atoms with van der Waals surface area (Å²) >= 11 is 2.00. The quantitative estimate of drug-likeness (QED) is 0.837. The molecule has 1 aromatic rings. The lowest BCUT2D eigenvalue weighted by molar-refractivity contribution is 0.0729. The van der Waals surface area contributed by atoms with E-state index < -0.39 is 0 Å². The third-order valence-corrected chi connectivity index (χ3v) is 4.64. The molecule has 0 bridgehead atoms. The molecule has 1 amide bonds. The largest absolute Gasteiger partial charge is 0.337 e. The van der Waals surface area contributed by atoms with Gasteiger partial charge in [-0.1, -0.05) is 6.92 Å². The van der Waals surface area contributed by atoms with E-state index in [1.807, 2.05) is 23.7 Å². The molecule has 0 aliphatic heterocycles. The average molecular weight is 265 g/mol. The Hall–Kier alpha value is -1.10. The summed E-state index contributed by atoms with van der Waals surface area (Å²) < 4.78 is 0. The Bertz CT molecular complexity index is 398. The lowest BCUT2D eigenvalue weighted by Crippen LogP contribution is -2.36. The summed E-state index contributed by atoms with van der Waals surface area (Å²) in [6.07, 6.45) is 8.08. The van der Waals surface area contributed by atoms with E-state index in [-0.39, 0.29) is 5.91 Å². The number of rotatable bonds is 4. The van der Waals surface area contributed by atoms with Crippen LogP contribution in [0.1, 0.15) is 36.7 Å². The standard InChI is InChI=1S/C13H19N3OS/c1-3-18-11-5-4-10(8-11)16(2)13(17)12-9-14-6-7-15-12/h6-7,9-11H,3-5,8H2,1-2H3/t10-,11+/m0/s1. The number of thioether (sulfide) groups is 1. The smallest absolute Gasteiger partial charge is 0.274 e. The van der Waals surface area contributed by atoms with E-state index in [2.05, 4.69) is 16.9 Å². The molecular weight excluding hydrogens is 246 g/mol. The number of hydrogen-bond donors (Lipinski definition) is 0. The maximum atomic E-state index is 12.2. The highest BCUT2D eigenvalue weighted by Gasteiger charge is 2.30. The maximum Gasteiger partial charge on any atom is 0.274 e. The third-order valence-electron chi connectivity index (χ3n) is 3.41. The molecule has 18 heavy (non-hydrogen) atoms. The second-order valence-electron chi connectivity index (χ2n) is 4.55. The highest BCUT2D eigenvalue weighted by Crippen LogP contribution is 2.32. The summed E-state index contributed by atoms with van der Waals surface area (Å²) in [5.41, 5.74) is 0.437. The van der Waals surface area contributed by atoms with Gasteiger partial charge in [-0.25, -0.2) is 4.98 Å². The van der Waals surface area contributed by atoms with Crippen molar-refractivity contribution >= 4 is 17.7 Å². The van der Waals surface area contributed by atoms with Crippen LogP contribution in [-0.4, -0.2) is 44.9 Å². The van der Waals surface area contributed by atoms with Crippen molar-refractivity contribution in [3.63, 3.8) is 0 Å². The fourth-order valence-electron chi connectivity index (χ4n) is 2.41. The van der Waals surface area contributed by atoms with Gasteiger partial charge in [-0.3, -0.25) is 9.78 Å². The second kappa shape index (κ2) is 6.18. The summed E-state index contributed by atoms with van der Waals surface area (Å²) in [4.78, 5) is 22.1. The van der Waals surface area contributed by atoms with Gasteiger partial charge < -0.3 is 4.90 Å². The van der Waals surface area contributed by atoms with Crippen molar-refractivity contribution in [3.8, 4) is 0 Å². The van der Waals surface area contributed by atoms with E-state index in [0.717, 1.165) is 18.6 Å². The van der Waals surface area contributed by atoms with Gasteiger partial charge in [-0.05, 0) is 25.0 Å². The first kappa shape index (κ1) is 13.3. The van der Waals surface area contributed by atoms with Gasteiger partial charge in [0.15, 0.2) is 0 Å². The first-order chi connectivity index (χ1) is 8.72. The van der Waals surface area contributed by atoms with E-state index in [9.17, 15) is 4.79 Å². The van der Waals surface area contributed by atoms with Crippen LogP contribution < -0.4 is 0 Å². The Morgan fingerprint density at radius 3 is 3.00 bits per heavy atom. The van der Waals surface area contributed by atoms with E-state index in [0.29, 0.717) is 17.0 Å². The fraction of sp³-hybridized carbons (Fsp3) is 0.615. The van der Waals surface area contributed by atoms with Crippen molar-refractivity contribution in [2.24, 2.45) is 0 Å². The Morgan fingerprint density at radius 1 is 1.50 bits per heavy atom. The Kier molecular flexibility index (Phi) is 4.58. The highest BCUT2D eigenvalue weighted by atomic mass is 32.2. The van der Waals surface area contributed by atoms with Crippen LogP contribution >= 0.6 is 11.8 Å². The maximum absolute atomic E-state index is 12.2. The van der Waals surface area contributed by atoms with Crippen LogP contribution in [0.3, 0.4) is 0 Å². The first-order valence-corrected chi connectivity index (χ1v) is 7.42. The van der Waals surface area contributed by atoms with Gasteiger partial charge in [-0.2, -0.15) is 11.8 Å². The molecule has 1 saturated carbocycles. The van der Waals surface area contributed by atoms with Crippen molar-refractivity contribution in [2.75, 3.05) is 12.8 Å². The van der Waals surface area contributed by atoms with Crippen LogP contribution in [0.2, 0.25) is 0 Å². The normalized spacial score (nSPS) is 23.0. The molecule has 0 aromatic carbocycles. The van der Waals surface area contributed by atoms with Gasteiger partial charge in [-0.15, -0.1) is 0 Å². The zero-order valence-corrected chi connectivity index (χ0v) is 11.7. The SMILES string of the molecule is CCS[C@@H]1CC[C@H](N(C)C(=O)c2cnccn2)C1. The number of carbonyl (C=O) groups is 1. The number of hydrogen-bond acceptors (Lipinski definition) is 4. The number of nitrogens with zero attached hydrogens (tertiary/aromatic N) is 3. The summed E-state index contributed by atoms with van der Waals surface area (Å²) in [6.45, 7) is 2.19. The average Bonchev–Trinajstić information content (AvgIpc) is 2.87. The Balaban J connectivity index is 1.96. The van der Waals surface area contributed by atoms with E-state index in [1.54, 1.807) is 12.4 Å². The molecule has 1 heterocycles. The van der Waals surface area contributed by atoms with E-state index >= 15 is 0 Å². The minimum absolute atomic E-state index is 0.0183. The monoisotopic (exact) mass is 265 g/mol. The van der Waals surface area contributed by atoms with Crippen LogP contribution in [0, 0.1) is 0 Å². The van der Waals surface area contributed by atoms with Crippen LogP contribution in [0.25, 0.3) is 0 Å². The molecule has 0 saturated heterocycles. The Labute approximate surface area is 112 Å². The predicted octanol–water partition coefficient (Wildman–Crippen LogP) is 2.22. The lowest BCUT2D eigenvalue weighted by Gasteiger charge is -2.24. The summed E-state index contributed by atoms with van der Waals surface area (Å²) in [7, 11) is 1.88. The molecule has 2 rings (SSSR count). The molecule has 1 aromatic heterocycles. The summed E-state index contributed by atoms with van der Waals surface area (Å²) in [5.74, 6) is 1.13. The molecule has 2 atom stereocenters. The highest BCUT2D eigenvalue weighted by molar-refractivity contribution is 7.99. The molecule has 0 N–H and O–H groups in total. The molecular formula is C13H19N3OS. The minimum atomic E-state index is -0.0183. The van der Waals surface area contributed by atoms with Gasteiger partial charge in [0.2, 0.25) is 0 Å². The van der Waals surface area contributed by atoms with E-state index in [4.69, 9.17) is 0 Å². The van der Waals surface area contributed by atoms with E-state index in [1.165, 1.54) is 12.6 Å². The summed E-state index contributed by atoms with van der Waals surface area (Å²) in [6, 6.07) is 0.351. The molecule has 1 aliphatic rings. The topological polar surface area (TPSA) is 46.1 Å². The molecule has 0 radical (unpaired) electrons. The van der Waals surface area contributed by atoms with Crippen molar-refractivity contribution in [1.29, 1.82) is 0 Å². The van der Waals surface area contributed by atoms with Gasteiger partial charge in [0.1, 0.15) is 5.69 Å². The molecule has 5 heteroatoms. The lowest BCUT2D eigenvalue weighted by atomic mass is 10.2. The van der Waals surface area contributed by atoms with Crippen LogP contribution in [0.15, 0.2) is 18.6 Å². The number of aromatic nitrogens is 2. The van der Waals surface area contributed by atoms with Gasteiger partial charge >= 0.3 is 0 Å². The van der Waals surface area contributed by atoms with Crippen molar-refractivity contribution < 1.29 is 4.79 Å². The van der Waals surface area contributed by atoms with Crippen LogP contribution in [0.5, 0.6) is 0 Å². The first-order valence-electron chi connectivity index (χ1n) is 6.37. The molecule has 1 aliphatic carbocycles. The van der Waals surface area contributed by atoms with Crippen molar-refractivity contribution in [3.05, 3.63) is 24.3 Å². The summed E-state index contributed by atoms with van der Waals surface area (Å²) in [5, 5.41) is 0.706. The number of amides is 1. The zero-order valence-electron chi connectivity index (χ0n) is 10.9. The molecule has 0 spiro atoms. The van der Waals surface area contributed by atoms with Crippen LogP contribution in [0.4, 0.5) is 0 Å². The third kappa shape index (κ3) is 3.02. The van der Waals surface area contributed by atoms with Gasteiger partial charge in [0.25, 0.3) is 5.91 Å². The number of carbonyl (C=O) groups excluding carboxylic acids is 1. The predicted molar refractivity (Wildman–Crippen MR) is 73.7 cm³/mol. The molecule has 1 fully saturated rings. The van der Waals surface area contributed by atoms with Gasteiger partial charge in [0, 0.05) is 30.7 Å². The van der Waals surface area contributed by atoms with Crippen molar-refractivity contribution in [2.45, 2.75) is 37.5 Å². The van der Waals surface area contributed by atoms with Crippen molar-refractivity contribution in [1.82, 2.24) is 14.9 Å². The Morgan fingerprint density at radius 2 is 2.33 bits per heavy atom. The van der Waals surface area contributed by atoms with Gasteiger partial charge in [0.05, 0.1) is 6.20 Å². The molecule has 0 unspecified atom stereocenters. The van der Waals surface area contributed by atoms with Crippen LogP contribution in [-0.2, 0) is 0 Å².